The smallest absolute Gasteiger partial charge is 0.231 e. The maximum Gasteiger partial charge on any atom is 0.231 e. The number of hydrogen-bond donors (Lipinski definition) is 1. The maximum absolute atomic E-state index is 10.3. The summed E-state index contributed by atoms with van der Waals surface area (Å²) in [7, 11) is 0. The van der Waals surface area contributed by atoms with E-state index in [4.69, 9.17) is 14.4 Å². The Bertz CT molecular complexity index is 1690. The number of benzene rings is 4. The van der Waals surface area contributed by atoms with Crippen LogP contribution in [0.2, 0.25) is 0 Å². The summed E-state index contributed by atoms with van der Waals surface area (Å²) in [5.74, 6) is 0.549. The van der Waals surface area contributed by atoms with E-state index in [2.05, 4.69) is 62.4 Å². The highest BCUT2D eigenvalue weighted by Crippen LogP contribution is 2.37. The lowest BCUT2D eigenvalue weighted by molar-refractivity contribution is 0.474. The molecule has 6 rings (SSSR count). The molecule has 4 aromatic carbocycles. The third kappa shape index (κ3) is 3.41. The number of para-hydroxylation sites is 2. The van der Waals surface area contributed by atoms with Crippen LogP contribution in [0.4, 0.5) is 0 Å². The molecule has 2 heterocycles. The molecular weight excluding hydrogens is 420 g/mol. The molecule has 0 radical (unpaired) electrons. The average molecular weight is 443 g/mol. The molecule has 0 amide bonds. The van der Waals surface area contributed by atoms with Crippen molar-refractivity contribution >= 4 is 22.0 Å². The summed E-state index contributed by atoms with van der Waals surface area (Å²) in [4.78, 5) is 9.50. The molecule has 0 aliphatic carbocycles. The van der Waals surface area contributed by atoms with Gasteiger partial charge < -0.3 is 9.52 Å². The second-order valence-electron chi connectivity index (χ2n) is 8.67. The number of oxazole rings is 1. The van der Waals surface area contributed by atoms with Gasteiger partial charge in [-0.1, -0.05) is 42.5 Å². The minimum Gasteiger partial charge on any atom is -0.507 e. The Morgan fingerprint density at radius 1 is 0.676 bits per heavy atom. The Morgan fingerprint density at radius 2 is 1.41 bits per heavy atom. The fourth-order valence-corrected chi connectivity index (χ4v) is 4.54. The molecule has 0 fully saturated rings. The molecule has 0 saturated heterocycles. The summed E-state index contributed by atoms with van der Waals surface area (Å²) in [6.07, 6.45) is 1.92. The van der Waals surface area contributed by atoms with Crippen molar-refractivity contribution in [1.29, 1.82) is 0 Å². The van der Waals surface area contributed by atoms with E-state index in [1.807, 2.05) is 24.4 Å². The molecule has 164 valence electrons. The van der Waals surface area contributed by atoms with Crippen molar-refractivity contribution in [1.82, 2.24) is 9.97 Å². The lowest BCUT2D eigenvalue weighted by atomic mass is 9.95. The van der Waals surface area contributed by atoms with Crippen LogP contribution in [0.3, 0.4) is 0 Å². The van der Waals surface area contributed by atoms with Gasteiger partial charge in [0.05, 0.1) is 11.1 Å². The Balaban J connectivity index is 1.51. The molecule has 0 bridgehead atoms. The predicted molar refractivity (Wildman–Crippen MR) is 137 cm³/mol. The topological polar surface area (TPSA) is 59.2 Å². The minimum absolute atomic E-state index is 0.145. The van der Waals surface area contributed by atoms with Crippen molar-refractivity contribution in [2.24, 2.45) is 0 Å². The maximum atomic E-state index is 10.3. The van der Waals surface area contributed by atoms with Gasteiger partial charge in [-0.15, -0.1) is 0 Å². The van der Waals surface area contributed by atoms with Crippen LogP contribution in [0.25, 0.3) is 55.7 Å². The largest absolute Gasteiger partial charge is 0.507 e. The molecule has 0 aliphatic rings. The first-order chi connectivity index (χ1) is 16.6. The normalized spacial score (nSPS) is 11.4. The fraction of sp³-hybridized carbons (Fsp3) is 0.0667. The second kappa shape index (κ2) is 7.85. The zero-order valence-corrected chi connectivity index (χ0v) is 18.9. The Labute approximate surface area is 197 Å². The molecule has 0 spiro atoms. The molecule has 4 nitrogen and oxygen atoms in total. The third-order valence-electron chi connectivity index (χ3n) is 6.10. The van der Waals surface area contributed by atoms with Crippen molar-refractivity contribution in [3.63, 3.8) is 0 Å². The number of rotatable bonds is 3. The Morgan fingerprint density at radius 3 is 2.26 bits per heavy atom. The van der Waals surface area contributed by atoms with E-state index < -0.39 is 0 Å². The quantitative estimate of drug-likeness (QED) is 0.305. The van der Waals surface area contributed by atoms with Gasteiger partial charge in [0, 0.05) is 22.7 Å². The summed E-state index contributed by atoms with van der Waals surface area (Å²) in [6.45, 7) is 4.18. The van der Waals surface area contributed by atoms with Gasteiger partial charge >= 0.3 is 0 Å². The number of aromatic hydroxyl groups is 1. The molecule has 1 N–H and O–H groups in total. The van der Waals surface area contributed by atoms with E-state index in [1.165, 1.54) is 5.56 Å². The third-order valence-corrected chi connectivity index (χ3v) is 6.10. The summed E-state index contributed by atoms with van der Waals surface area (Å²) in [6, 6.07) is 28.0. The summed E-state index contributed by atoms with van der Waals surface area (Å²) in [5, 5.41) is 11.4. The van der Waals surface area contributed by atoms with E-state index in [9.17, 15) is 5.11 Å². The van der Waals surface area contributed by atoms with Gasteiger partial charge in [-0.3, -0.25) is 4.98 Å². The molecule has 4 heteroatoms. The Kier molecular flexibility index (Phi) is 4.66. The summed E-state index contributed by atoms with van der Waals surface area (Å²) in [5.41, 5.74) is 9.60. The van der Waals surface area contributed by atoms with E-state index in [0.717, 1.165) is 44.2 Å². The summed E-state index contributed by atoms with van der Waals surface area (Å²) < 4.78 is 6.02. The first-order valence-corrected chi connectivity index (χ1v) is 11.2. The lowest BCUT2D eigenvalue weighted by Crippen LogP contribution is -1.89. The van der Waals surface area contributed by atoms with Gasteiger partial charge in [-0.2, -0.15) is 0 Å². The average Bonchev–Trinajstić information content (AvgIpc) is 3.28. The lowest BCUT2D eigenvalue weighted by Gasteiger charge is -2.11. The van der Waals surface area contributed by atoms with Gasteiger partial charge in [0.2, 0.25) is 5.89 Å². The van der Waals surface area contributed by atoms with E-state index in [1.54, 1.807) is 18.2 Å². The first kappa shape index (κ1) is 20.2. The summed E-state index contributed by atoms with van der Waals surface area (Å²) >= 11 is 0. The standard InChI is InChI=1S/C30H22N2O2/c1-18-13-22-14-19(2)17-31-28(22)25(15-18)21-8-5-7-20(16-21)23-10-6-12-27-29(23)32-30(34-27)24-9-3-4-11-26(24)33/h3-17,33H,1-2H3. The Hall–Kier alpha value is -4.44. The first-order valence-electron chi connectivity index (χ1n) is 11.2. The van der Waals surface area contributed by atoms with Crippen molar-refractivity contribution in [2.75, 3.05) is 0 Å². The SMILES string of the molecule is Cc1cnc2c(-c3cccc(-c4cccc5oc(-c6ccccc6O)nc45)c3)cc(C)cc2c1. The molecular formula is C30H22N2O2. The number of aryl methyl sites for hydroxylation is 2. The monoisotopic (exact) mass is 442 g/mol. The van der Waals surface area contributed by atoms with Crippen LogP contribution in [-0.2, 0) is 0 Å². The zero-order valence-electron chi connectivity index (χ0n) is 18.9. The van der Waals surface area contributed by atoms with Crippen LogP contribution < -0.4 is 0 Å². The zero-order chi connectivity index (χ0) is 23.2. The number of aromatic nitrogens is 2. The second-order valence-corrected chi connectivity index (χ2v) is 8.67. The van der Waals surface area contributed by atoms with Crippen molar-refractivity contribution < 1.29 is 9.52 Å². The predicted octanol–water partition coefficient (Wildman–Crippen LogP) is 7.70. The highest BCUT2D eigenvalue weighted by Gasteiger charge is 2.16. The number of pyridine rings is 1. The number of fused-ring (bicyclic) bond motifs is 2. The van der Waals surface area contributed by atoms with Gasteiger partial charge in [0.1, 0.15) is 11.3 Å². The number of phenols is 1. The highest BCUT2D eigenvalue weighted by atomic mass is 16.3. The fourth-order valence-electron chi connectivity index (χ4n) is 4.54. The van der Waals surface area contributed by atoms with Crippen molar-refractivity contribution in [3.05, 3.63) is 102 Å². The molecule has 2 aromatic heterocycles. The van der Waals surface area contributed by atoms with Crippen LogP contribution in [0.1, 0.15) is 11.1 Å². The van der Waals surface area contributed by atoms with Gasteiger partial charge in [-0.25, -0.2) is 4.98 Å². The van der Waals surface area contributed by atoms with Gasteiger partial charge in [0.15, 0.2) is 5.58 Å². The molecule has 0 saturated carbocycles. The van der Waals surface area contributed by atoms with E-state index in [-0.39, 0.29) is 5.75 Å². The van der Waals surface area contributed by atoms with E-state index in [0.29, 0.717) is 17.0 Å². The molecule has 0 atom stereocenters. The van der Waals surface area contributed by atoms with Crippen LogP contribution in [-0.4, -0.2) is 15.1 Å². The van der Waals surface area contributed by atoms with Gasteiger partial charge in [0.25, 0.3) is 0 Å². The molecule has 0 unspecified atom stereocenters. The van der Waals surface area contributed by atoms with Crippen LogP contribution in [0.5, 0.6) is 5.75 Å². The number of phenolic OH excluding ortho intramolecular Hbond substituents is 1. The van der Waals surface area contributed by atoms with E-state index >= 15 is 0 Å². The molecule has 34 heavy (non-hydrogen) atoms. The van der Waals surface area contributed by atoms with Crippen molar-refractivity contribution in [2.45, 2.75) is 13.8 Å². The number of hydrogen-bond acceptors (Lipinski definition) is 4. The van der Waals surface area contributed by atoms with Gasteiger partial charge in [-0.05, 0) is 78.6 Å². The van der Waals surface area contributed by atoms with Crippen LogP contribution in [0, 0.1) is 13.8 Å². The van der Waals surface area contributed by atoms with Crippen molar-refractivity contribution in [3.8, 4) is 39.5 Å². The molecule has 6 aromatic rings. The van der Waals surface area contributed by atoms with Crippen LogP contribution in [0.15, 0.2) is 95.5 Å². The number of nitrogens with zero attached hydrogens (tertiary/aromatic N) is 2. The highest BCUT2D eigenvalue weighted by molar-refractivity contribution is 5.97. The minimum atomic E-state index is 0.145. The molecule has 0 aliphatic heterocycles. The van der Waals surface area contributed by atoms with Crippen LogP contribution >= 0.6 is 0 Å².